The number of hydrogen-bond donors (Lipinski definition) is 1. The summed E-state index contributed by atoms with van der Waals surface area (Å²) in [4.78, 5) is 36.7. The first kappa shape index (κ1) is 22.8. The third-order valence-electron chi connectivity index (χ3n) is 7.27. The number of carbonyl (C=O) groups is 1. The van der Waals surface area contributed by atoms with Gasteiger partial charge in [-0.05, 0) is 68.1 Å². The average molecular weight is 464 g/mol. The number of ether oxygens (including phenoxy) is 1. The van der Waals surface area contributed by atoms with Crippen molar-refractivity contribution in [1.29, 1.82) is 0 Å². The quantitative estimate of drug-likeness (QED) is 0.629. The van der Waals surface area contributed by atoms with Crippen molar-refractivity contribution < 1.29 is 9.53 Å². The van der Waals surface area contributed by atoms with Crippen molar-refractivity contribution in [3.63, 3.8) is 0 Å². The second-order valence-corrected chi connectivity index (χ2v) is 9.69. The average Bonchev–Trinajstić information content (AvgIpc) is 3.30. The highest BCUT2D eigenvalue weighted by Gasteiger charge is 2.24. The van der Waals surface area contributed by atoms with E-state index in [4.69, 9.17) is 4.74 Å². The molecule has 1 N–H and O–H groups in total. The third kappa shape index (κ3) is 4.65. The second-order valence-electron chi connectivity index (χ2n) is 9.69. The Bertz CT molecular complexity index is 1220. The largest absolute Gasteiger partial charge is 0.381 e. The zero-order valence-electron chi connectivity index (χ0n) is 20.0. The number of nitrogens with one attached hydrogen (secondary N) is 1. The van der Waals surface area contributed by atoms with Crippen molar-refractivity contribution >= 4 is 16.9 Å². The zero-order chi connectivity index (χ0) is 23.7. The molecule has 1 amide bonds. The Balaban J connectivity index is 1.38. The predicted octanol–water partition coefficient (Wildman–Crippen LogP) is 3.01. The molecule has 0 radical (unpaired) electrons. The number of fused-ring (bicyclic) bond motifs is 1. The summed E-state index contributed by atoms with van der Waals surface area (Å²) in [7, 11) is 3.61. The number of piperidine rings is 1. The van der Waals surface area contributed by atoms with Gasteiger partial charge in [-0.1, -0.05) is 0 Å². The lowest BCUT2D eigenvalue weighted by molar-refractivity contribution is -0.130. The molecule has 0 atom stereocenters. The smallest absolute Gasteiger partial charge is 0.250 e. The number of aromatic nitrogens is 3. The fraction of sp³-hybridized carbons (Fsp3) is 0.500. The van der Waals surface area contributed by atoms with E-state index >= 15 is 0 Å². The fourth-order valence-electron chi connectivity index (χ4n) is 5.17. The van der Waals surface area contributed by atoms with Crippen molar-refractivity contribution in [2.45, 2.75) is 37.6 Å². The number of hydrogen-bond acceptors (Lipinski definition) is 5. The van der Waals surface area contributed by atoms with Crippen LogP contribution in [0.4, 0.5) is 0 Å². The number of pyridine rings is 2. The summed E-state index contributed by atoms with van der Waals surface area (Å²) in [6.45, 7) is 3.71. The van der Waals surface area contributed by atoms with Crippen LogP contribution in [0.1, 0.15) is 43.3 Å². The minimum atomic E-state index is 0.0372. The summed E-state index contributed by atoms with van der Waals surface area (Å²) < 4.78 is 7.36. The maximum absolute atomic E-state index is 12.6. The van der Waals surface area contributed by atoms with E-state index in [-0.39, 0.29) is 17.5 Å². The van der Waals surface area contributed by atoms with Gasteiger partial charge in [-0.15, -0.1) is 0 Å². The summed E-state index contributed by atoms with van der Waals surface area (Å²) >= 11 is 0. The Hall–Kier alpha value is -2.97. The van der Waals surface area contributed by atoms with E-state index in [1.165, 1.54) is 5.69 Å². The van der Waals surface area contributed by atoms with E-state index < -0.39 is 0 Å². The van der Waals surface area contributed by atoms with E-state index in [1.54, 1.807) is 25.1 Å². The summed E-state index contributed by atoms with van der Waals surface area (Å²) in [6, 6.07) is 8.04. The van der Waals surface area contributed by atoms with Crippen molar-refractivity contribution in [3.8, 4) is 11.1 Å². The molecule has 2 aliphatic rings. The molecular formula is C26H33N5O3. The fourth-order valence-corrected chi connectivity index (χ4v) is 5.17. The molecule has 5 rings (SSSR count). The number of nitrogens with zero attached hydrogens (tertiary/aromatic N) is 4. The van der Waals surface area contributed by atoms with Crippen LogP contribution in [-0.2, 0) is 9.53 Å². The molecule has 3 aromatic heterocycles. The Morgan fingerprint density at radius 2 is 1.91 bits per heavy atom. The number of carbonyl (C=O) groups excluding carboxylic acids is 1. The number of amides is 1. The molecule has 0 aromatic carbocycles. The molecule has 34 heavy (non-hydrogen) atoms. The minimum absolute atomic E-state index is 0.0372. The van der Waals surface area contributed by atoms with Crippen LogP contribution in [-0.4, -0.2) is 77.2 Å². The minimum Gasteiger partial charge on any atom is -0.381 e. The van der Waals surface area contributed by atoms with Crippen molar-refractivity contribution in [2.75, 3.05) is 46.9 Å². The highest BCUT2D eigenvalue weighted by atomic mass is 16.5. The van der Waals surface area contributed by atoms with Gasteiger partial charge in [-0.3, -0.25) is 14.5 Å². The standard InChI is InChI=1S/C26H33N5O3/c1-29(2)25(33)17-30-11-6-18(7-12-30)23-15-22-21(5-10-27-26(22)28-23)19-3-4-24(32)31(16-19)20-8-13-34-14-9-20/h3-5,10,15-16,18,20H,6-9,11-14,17H2,1-2H3,(H,27,28). The monoisotopic (exact) mass is 463 g/mol. The van der Waals surface area contributed by atoms with Crippen molar-refractivity contribution in [1.82, 2.24) is 24.3 Å². The van der Waals surface area contributed by atoms with Crippen LogP contribution in [0, 0.1) is 0 Å². The first-order valence-corrected chi connectivity index (χ1v) is 12.2. The van der Waals surface area contributed by atoms with Gasteiger partial charge in [-0.2, -0.15) is 0 Å². The van der Waals surface area contributed by atoms with Crippen LogP contribution >= 0.6 is 0 Å². The van der Waals surface area contributed by atoms with E-state index in [9.17, 15) is 9.59 Å². The summed E-state index contributed by atoms with van der Waals surface area (Å²) in [6.07, 6.45) is 7.58. The first-order valence-electron chi connectivity index (χ1n) is 12.2. The first-order chi connectivity index (χ1) is 16.5. The van der Waals surface area contributed by atoms with Crippen molar-refractivity contribution in [3.05, 3.63) is 52.7 Å². The van der Waals surface area contributed by atoms with Gasteiger partial charge in [0.2, 0.25) is 5.91 Å². The zero-order valence-corrected chi connectivity index (χ0v) is 20.0. The normalized spacial score (nSPS) is 18.4. The second kappa shape index (κ2) is 9.72. The van der Waals surface area contributed by atoms with E-state index in [0.29, 0.717) is 25.7 Å². The van der Waals surface area contributed by atoms with E-state index in [2.05, 4.69) is 20.9 Å². The van der Waals surface area contributed by atoms with Gasteiger partial charge in [0.25, 0.3) is 5.56 Å². The predicted molar refractivity (Wildman–Crippen MR) is 132 cm³/mol. The lowest BCUT2D eigenvalue weighted by Gasteiger charge is -2.31. The Morgan fingerprint density at radius 1 is 1.15 bits per heavy atom. The molecule has 2 aliphatic heterocycles. The van der Waals surface area contributed by atoms with Crippen LogP contribution in [0.3, 0.4) is 0 Å². The van der Waals surface area contributed by atoms with Crippen LogP contribution in [0.15, 0.2) is 41.5 Å². The summed E-state index contributed by atoms with van der Waals surface area (Å²) in [5.41, 5.74) is 4.23. The summed E-state index contributed by atoms with van der Waals surface area (Å²) in [5, 5.41) is 1.08. The lowest BCUT2D eigenvalue weighted by Crippen LogP contribution is -2.40. The van der Waals surface area contributed by atoms with E-state index in [0.717, 1.165) is 60.9 Å². The Labute approximate surface area is 199 Å². The number of aromatic amines is 1. The van der Waals surface area contributed by atoms with Crippen molar-refractivity contribution in [2.24, 2.45) is 0 Å². The molecular weight excluding hydrogens is 430 g/mol. The van der Waals surface area contributed by atoms with Gasteiger partial charge in [0.05, 0.1) is 6.54 Å². The highest BCUT2D eigenvalue weighted by Crippen LogP contribution is 2.34. The third-order valence-corrected chi connectivity index (χ3v) is 7.27. The number of rotatable bonds is 5. The van der Waals surface area contributed by atoms with E-state index in [1.807, 2.05) is 29.1 Å². The van der Waals surface area contributed by atoms with Crippen LogP contribution in [0.5, 0.6) is 0 Å². The van der Waals surface area contributed by atoms with Crippen LogP contribution in [0.25, 0.3) is 22.2 Å². The molecule has 3 aromatic rings. The highest BCUT2D eigenvalue weighted by molar-refractivity contribution is 5.93. The van der Waals surface area contributed by atoms with Gasteiger partial charge < -0.3 is 19.2 Å². The van der Waals surface area contributed by atoms with Gasteiger partial charge in [0.1, 0.15) is 5.65 Å². The van der Waals surface area contributed by atoms with Gasteiger partial charge in [0.15, 0.2) is 0 Å². The SMILES string of the molecule is CN(C)C(=O)CN1CCC(c2cc3c(-c4ccc(=O)n(C5CCOCC5)c4)ccnc3[nH]2)CC1. The number of H-pyrrole nitrogens is 1. The molecule has 0 aliphatic carbocycles. The molecule has 0 bridgehead atoms. The van der Waals surface area contributed by atoms with Gasteiger partial charge in [-0.25, -0.2) is 4.98 Å². The number of likely N-dealkylation sites (N-methyl/N-ethyl adjacent to an activating group) is 1. The maximum atomic E-state index is 12.6. The number of likely N-dealkylation sites (tertiary alicyclic amines) is 1. The molecule has 180 valence electrons. The molecule has 0 unspecified atom stereocenters. The Morgan fingerprint density at radius 3 is 2.65 bits per heavy atom. The lowest BCUT2D eigenvalue weighted by atomic mass is 9.93. The Kier molecular flexibility index (Phi) is 6.52. The van der Waals surface area contributed by atoms with Crippen LogP contribution in [0.2, 0.25) is 0 Å². The molecule has 0 spiro atoms. The molecule has 5 heterocycles. The molecule has 0 saturated carbocycles. The van der Waals surface area contributed by atoms with Crippen LogP contribution < -0.4 is 5.56 Å². The topological polar surface area (TPSA) is 83.5 Å². The molecule has 8 nitrogen and oxygen atoms in total. The maximum Gasteiger partial charge on any atom is 0.250 e. The van der Waals surface area contributed by atoms with Gasteiger partial charge >= 0.3 is 0 Å². The summed E-state index contributed by atoms with van der Waals surface area (Å²) in [5.74, 6) is 0.573. The van der Waals surface area contributed by atoms with Gasteiger partial charge in [0, 0.05) is 68.8 Å². The molecule has 8 heteroatoms. The molecule has 2 fully saturated rings. The molecule has 2 saturated heterocycles.